The summed E-state index contributed by atoms with van der Waals surface area (Å²) in [6.45, 7) is 4.36. The van der Waals surface area contributed by atoms with Crippen LogP contribution in [0.2, 0.25) is 0 Å². The molecule has 0 aromatic heterocycles. The quantitative estimate of drug-likeness (QED) is 0.811. The molecule has 5 heteroatoms. The van der Waals surface area contributed by atoms with Gasteiger partial charge in [0.1, 0.15) is 6.07 Å². The van der Waals surface area contributed by atoms with Crippen molar-refractivity contribution in [1.29, 1.82) is 5.26 Å². The van der Waals surface area contributed by atoms with Crippen LogP contribution in [-0.4, -0.2) is 44.9 Å². The van der Waals surface area contributed by atoms with Gasteiger partial charge in [0.25, 0.3) is 0 Å². The lowest BCUT2D eigenvalue weighted by Gasteiger charge is -2.29. The molecule has 1 aromatic rings. The highest BCUT2D eigenvalue weighted by Crippen LogP contribution is 2.24. The number of hydrogen-bond acceptors (Lipinski definition) is 5. The van der Waals surface area contributed by atoms with Crippen molar-refractivity contribution in [3.63, 3.8) is 0 Å². The number of thioether (sulfide) groups is 1. The highest BCUT2D eigenvalue weighted by Gasteiger charge is 2.14. The highest BCUT2D eigenvalue weighted by atomic mass is 32.2. The van der Waals surface area contributed by atoms with Crippen molar-refractivity contribution in [3.8, 4) is 6.07 Å². The zero-order valence-corrected chi connectivity index (χ0v) is 12.7. The molecule has 2 rings (SSSR count). The average molecular weight is 291 g/mol. The fourth-order valence-electron chi connectivity index (χ4n) is 2.27. The second-order valence-electron chi connectivity index (χ2n) is 4.73. The van der Waals surface area contributed by atoms with Gasteiger partial charge < -0.3 is 15.0 Å². The first-order valence-electron chi connectivity index (χ1n) is 6.90. The normalized spacial score (nSPS) is 15.1. The third-order valence-corrected chi connectivity index (χ3v) is 4.29. The molecule has 1 heterocycles. The first-order valence-corrected chi connectivity index (χ1v) is 8.06. The Kier molecular flexibility index (Phi) is 6.19. The van der Waals surface area contributed by atoms with E-state index in [9.17, 15) is 5.26 Å². The van der Waals surface area contributed by atoms with Gasteiger partial charge in [-0.25, -0.2) is 0 Å². The molecule has 1 N–H and O–H groups in total. The number of ether oxygens (including phenoxy) is 1. The van der Waals surface area contributed by atoms with Crippen LogP contribution in [0.3, 0.4) is 0 Å². The summed E-state index contributed by atoms with van der Waals surface area (Å²) in [6, 6.07) is 8.52. The van der Waals surface area contributed by atoms with E-state index in [2.05, 4.69) is 28.4 Å². The van der Waals surface area contributed by atoms with E-state index >= 15 is 0 Å². The van der Waals surface area contributed by atoms with E-state index in [0.29, 0.717) is 6.61 Å². The molecule has 1 fully saturated rings. The minimum atomic E-state index is 0.703. The maximum atomic E-state index is 9.36. The number of hydrogen-bond donors (Lipinski definition) is 1. The van der Waals surface area contributed by atoms with E-state index < -0.39 is 0 Å². The minimum Gasteiger partial charge on any atom is -0.383 e. The van der Waals surface area contributed by atoms with E-state index in [4.69, 9.17) is 4.74 Å². The summed E-state index contributed by atoms with van der Waals surface area (Å²) in [7, 11) is 1.70. The van der Waals surface area contributed by atoms with Crippen LogP contribution >= 0.6 is 11.8 Å². The molecule has 0 bridgehead atoms. The fraction of sp³-hybridized carbons (Fsp3) is 0.533. The second-order valence-corrected chi connectivity index (χ2v) is 5.96. The molecule has 4 nitrogen and oxygen atoms in total. The predicted molar refractivity (Wildman–Crippen MR) is 84.3 cm³/mol. The molecule has 0 amide bonds. The smallest absolute Gasteiger partial charge is 0.101 e. The molecule has 20 heavy (non-hydrogen) atoms. The highest BCUT2D eigenvalue weighted by molar-refractivity contribution is 7.99. The van der Waals surface area contributed by atoms with Crippen molar-refractivity contribution in [3.05, 3.63) is 29.3 Å². The zero-order valence-electron chi connectivity index (χ0n) is 11.9. The van der Waals surface area contributed by atoms with Crippen LogP contribution < -0.4 is 10.2 Å². The molecular formula is C15H21N3OS. The lowest BCUT2D eigenvalue weighted by molar-refractivity contribution is 0.199. The molecule has 1 aliphatic rings. The SMILES string of the molecule is COCCNCc1ccc(N2CCSCC2)c(C#N)c1. The molecule has 1 aromatic carbocycles. The van der Waals surface area contributed by atoms with E-state index in [1.807, 2.05) is 17.8 Å². The first-order chi connectivity index (χ1) is 9.85. The second kappa shape index (κ2) is 8.15. The number of benzene rings is 1. The van der Waals surface area contributed by atoms with Crippen LogP contribution in [0.4, 0.5) is 5.69 Å². The lowest BCUT2D eigenvalue weighted by Crippen LogP contribution is -2.33. The summed E-state index contributed by atoms with van der Waals surface area (Å²) in [5.74, 6) is 2.29. The summed E-state index contributed by atoms with van der Waals surface area (Å²) in [5.41, 5.74) is 3.00. The van der Waals surface area contributed by atoms with Crippen LogP contribution in [-0.2, 0) is 11.3 Å². The van der Waals surface area contributed by atoms with E-state index in [1.165, 1.54) is 0 Å². The Balaban J connectivity index is 2.02. The van der Waals surface area contributed by atoms with Gasteiger partial charge in [0.15, 0.2) is 0 Å². The minimum absolute atomic E-state index is 0.703. The maximum absolute atomic E-state index is 9.36. The topological polar surface area (TPSA) is 48.3 Å². The van der Waals surface area contributed by atoms with Crippen LogP contribution in [0.15, 0.2) is 18.2 Å². The molecule has 0 spiro atoms. The van der Waals surface area contributed by atoms with Gasteiger partial charge in [-0.05, 0) is 17.7 Å². The Morgan fingerprint density at radius 1 is 1.40 bits per heavy atom. The van der Waals surface area contributed by atoms with E-state index in [1.54, 1.807) is 7.11 Å². The third-order valence-electron chi connectivity index (χ3n) is 3.35. The van der Waals surface area contributed by atoms with Crippen molar-refractivity contribution >= 4 is 17.4 Å². The molecule has 0 saturated carbocycles. The van der Waals surface area contributed by atoms with Gasteiger partial charge in [-0.15, -0.1) is 0 Å². The molecule has 1 saturated heterocycles. The zero-order chi connectivity index (χ0) is 14.2. The largest absolute Gasteiger partial charge is 0.383 e. The fourth-order valence-corrected chi connectivity index (χ4v) is 3.17. The van der Waals surface area contributed by atoms with Gasteiger partial charge in [-0.1, -0.05) is 6.07 Å². The number of nitriles is 1. The van der Waals surface area contributed by atoms with Gasteiger partial charge in [0, 0.05) is 44.8 Å². The van der Waals surface area contributed by atoms with Crippen molar-refractivity contribution in [2.24, 2.45) is 0 Å². The van der Waals surface area contributed by atoms with Gasteiger partial charge in [0.05, 0.1) is 17.9 Å². The Morgan fingerprint density at radius 2 is 2.20 bits per heavy atom. The summed E-state index contributed by atoms with van der Waals surface area (Å²) in [5, 5.41) is 12.7. The summed E-state index contributed by atoms with van der Waals surface area (Å²) in [4.78, 5) is 2.32. The summed E-state index contributed by atoms with van der Waals surface area (Å²) >= 11 is 1.98. The van der Waals surface area contributed by atoms with Gasteiger partial charge in [0.2, 0.25) is 0 Å². The maximum Gasteiger partial charge on any atom is 0.101 e. The summed E-state index contributed by atoms with van der Waals surface area (Å²) < 4.78 is 5.00. The van der Waals surface area contributed by atoms with Crippen molar-refractivity contribution in [2.45, 2.75) is 6.54 Å². The van der Waals surface area contributed by atoms with Crippen molar-refractivity contribution in [2.75, 3.05) is 49.8 Å². The van der Waals surface area contributed by atoms with E-state index in [-0.39, 0.29) is 0 Å². The Labute approximate surface area is 125 Å². The van der Waals surface area contributed by atoms with E-state index in [0.717, 1.165) is 54.5 Å². The molecule has 0 atom stereocenters. The molecule has 1 aliphatic heterocycles. The molecule has 0 radical (unpaired) electrons. The van der Waals surface area contributed by atoms with Crippen LogP contribution in [0.1, 0.15) is 11.1 Å². The Bertz CT molecular complexity index is 467. The van der Waals surface area contributed by atoms with Crippen molar-refractivity contribution < 1.29 is 4.74 Å². The number of methoxy groups -OCH3 is 1. The molecular weight excluding hydrogens is 270 g/mol. The molecule has 0 aliphatic carbocycles. The number of anilines is 1. The monoisotopic (exact) mass is 291 g/mol. The van der Waals surface area contributed by atoms with Gasteiger partial charge in [-0.3, -0.25) is 0 Å². The number of nitrogens with one attached hydrogen (secondary N) is 1. The van der Waals surface area contributed by atoms with Crippen LogP contribution in [0.25, 0.3) is 0 Å². The number of nitrogens with zero attached hydrogens (tertiary/aromatic N) is 2. The Hall–Kier alpha value is -1.22. The molecule has 108 valence electrons. The predicted octanol–water partition coefficient (Wildman–Crippen LogP) is 1.85. The Morgan fingerprint density at radius 3 is 2.90 bits per heavy atom. The number of rotatable bonds is 6. The summed E-state index contributed by atoms with van der Waals surface area (Å²) in [6.07, 6.45) is 0. The standard InChI is InChI=1S/C15H21N3OS/c1-19-7-4-17-12-13-2-3-15(14(10-13)11-16)18-5-8-20-9-6-18/h2-3,10,17H,4-9,12H2,1H3. The van der Waals surface area contributed by atoms with Gasteiger partial charge in [-0.2, -0.15) is 17.0 Å². The van der Waals surface area contributed by atoms with Crippen LogP contribution in [0, 0.1) is 11.3 Å². The first kappa shape index (κ1) is 15.2. The van der Waals surface area contributed by atoms with Crippen LogP contribution in [0.5, 0.6) is 0 Å². The molecule has 0 unspecified atom stereocenters. The lowest BCUT2D eigenvalue weighted by atomic mass is 10.1. The van der Waals surface area contributed by atoms with Gasteiger partial charge >= 0.3 is 0 Å². The van der Waals surface area contributed by atoms with Crippen molar-refractivity contribution in [1.82, 2.24) is 5.32 Å². The average Bonchev–Trinajstić information content (AvgIpc) is 2.52. The third kappa shape index (κ3) is 4.14.